The third-order valence-corrected chi connectivity index (χ3v) is 3.30. The van der Waals surface area contributed by atoms with Crippen molar-refractivity contribution in [3.63, 3.8) is 0 Å². The number of amides is 1. The first kappa shape index (κ1) is 12.2. The summed E-state index contributed by atoms with van der Waals surface area (Å²) in [5.74, 6) is -1.65. The van der Waals surface area contributed by atoms with Crippen molar-refractivity contribution in [1.82, 2.24) is 14.5 Å². The smallest absolute Gasteiger partial charge is 0.356 e. The summed E-state index contributed by atoms with van der Waals surface area (Å²) in [6, 6.07) is 4.66. The molecule has 102 valence electrons. The van der Waals surface area contributed by atoms with Gasteiger partial charge in [0.15, 0.2) is 5.69 Å². The largest absolute Gasteiger partial charge is 0.507 e. The number of hydrogen-bond donors (Lipinski definition) is 2. The van der Waals surface area contributed by atoms with E-state index >= 15 is 0 Å². The van der Waals surface area contributed by atoms with Crippen LogP contribution in [0.1, 0.15) is 26.5 Å². The summed E-state index contributed by atoms with van der Waals surface area (Å²) >= 11 is 0. The fourth-order valence-electron chi connectivity index (χ4n) is 2.35. The first-order valence-corrected chi connectivity index (χ1v) is 5.88. The molecule has 1 aromatic carbocycles. The van der Waals surface area contributed by atoms with Crippen molar-refractivity contribution < 1.29 is 19.8 Å². The zero-order chi connectivity index (χ0) is 14.4. The average molecular weight is 273 g/mol. The van der Waals surface area contributed by atoms with Crippen molar-refractivity contribution in [1.29, 1.82) is 0 Å². The molecule has 1 aliphatic heterocycles. The SMILES string of the molecule is CN1Cc2c(C(=O)O)ncn2-c2cccc(O)c2C1=O. The van der Waals surface area contributed by atoms with E-state index in [0.29, 0.717) is 11.4 Å². The number of carbonyl (C=O) groups excluding carboxylic acids is 1. The van der Waals surface area contributed by atoms with Crippen LogP contribution in [0.4, 0.5) is 0 Å². The van der Waals surface area contributed by atoms with E-state index in [-0.39, 0.29) is 29.5 Å². The van der Waals surface area contributed by atoms with Crippen molar-refractivity contribution in [2.45, 2.75) is 6.54 Å². The second-order valence-electron chi connectivity index (χ2n) is 4.55. The number of phenols is 1. The lowest BCUT2D eigenvalue weighted by Gasteiger charge is -2.14. The second kappa shape index (κ2) is 4.09. The molecule has 2 aromatic rings. The molecule has 20 heavy (non-hydrogen) atoms. The number of carbonyl (C=O) groups is 2. The van der Waals surface area contributed by atoms with Gasteiger partial charge in [-0.2, -0.15) is 0 Å². The third-order valence-electron chi connectivity index (χ3n) is 3.30. The van der Waals surface area contributed by atoms with Gasteiger partial charge in [-0.05, 0) is 12.1 Å². The zero-order valence-electron chi connectivity index (χ0n) is 10.6. The van der Waals surface area contributed by atoms with E-state index < -0.39 is 5.97 Å². The minimum Gasteiger partial charge on any atom is -0.507 e. The van der Waals surface area contributed by atoms with Crippen molar-refractivity contribution in [3.8, 4) is 11.4 Å². The maximum absolute atomic E-state index is 12.3. The third kappa shape index (κ3) is 1.56. The Morgan fingerprint density at radius 3 is 2.85 bits per heavy atom. The van der Waals surface area contributed by atoms with Crippen LogP contribution in [0.5, 0.6) is 5.75 Å². The van der Waals surface area contributed by atoms with Crippen molar-refractivity contribution in [2.24, 2.45) is 0 Å². The monoisotopic (exact) mass is 273 g/mol. The summed E-state index contributed by atoms with van der Waals surface area (Å²) in [5, 5.41) is 19.1. The Kier molecular flexibility index (Phi) is 2.50. The number of phenolic OH excluding ortho intramolecular Hbond substituents is 1. The molecule has 0 saturated heterocycles. The van der Waals surface area contributed by atoms with Gasteiger partial charge >= 0.3 is 5.97 Å². The molecule has 0 bridgehead atoms. The van der Waals surface area contributed by atoms with Gasteiger partial charge in [0.05, 0.1) is 17.9 Å². The molecule has 1 aromatic heterocycles. The van der Waals surface area contributed by atoms with Crippen LogP contribution >= 0.6 is 0 Å². The first-order chi connectivity index (χ1) is 9.50. The Morgan fingerprint density at radius 2 is 2.15 bits per heavy atom. The molecule has 0 spiro atoms. The molecule has 0 atom stereocenters. The van der Waals surface area contributed by atoms with E-state index in [2.05, 4.69) is 4.98 Å². The topological polar surface area (TPSA) is 95.7 Å². The van der Waals surface area contributed by atoms with Crippen molar-refractivity contribution in [2.75, 3.05) is 7.05 Å². The molecule has 1 aliphatic rings. The Labute approximate surface area is 113 Å². The summed E-state index contributed by atoms with van der Waals surface area (Å²) in [4.78, 5) is 28.7. The minimum atomic E-state index is -1.15. The lowest BCUT2D eigenvalue weighted by Crippen LogP contribution is -2.25. The highest BCUT2D eigenvalue weighted by Crippen LogP contribution is 2.30. The van der Waals surface area contributed by atoms with E-state index in [1.807, 2.05) is 0 Å². The molecular formula is C13H11N3O4. The molecule has 0 radical (unpaired) electrons. The predicted molar refractivity (Wildman–Crippen MR) is 68.0 cm³/mol. The first-order valence-electron chi connectivity index (χ1n) is 5.88. The van der Waals surface area contributed by atoms with Crippen LogP contribution in [0, 0.1) is 0 Å². The highest BCUT2D eigenvalue weighted by Gasteiger charge is 2.29. The quantitative estimate of drug-likeness (QED) is 0.803. The van der Waals surface area contributed by atoms with Gasteiger partial charge in [0.25, 0.3) is 5.91 Å². The Morgan fingerprint density at radius 1 is 1.40 bits per heavy atom. The second-order valence-corrected chi connectivity index (χ2v) is 4.55. The average Bonchev–Trinajstić information content (AvgIpc) is 2.77. The lowest BCUT2D eigenvalue weighted by atomic mass is 10.1. The van der Waals surface area contributed by atoms with Crippen LogP contribution in [0.25, 0.3) is 5.69 Å². The Hall–Kier alpha value is -2.83. The number of carboxylic acids is 1. The molecule has 3 rings (SSSR count). The van der Waals surface area contributed by atoms with Crippen LogP contribution < -0.4 is 0 Å². The summed E-state index contributed by atoms with van der Waals surface area (Å²) in [6.07, 6.45) is 1.35. The van der Waals surface area contributed by atoms with Gasteiger partial charge in [-0.3, -0.25) is 9.36 Å². The van der Waals surface area contributed by atoms with Gasteiger partial charge in [-0.1, -0.05) is 6.07 Å². The van der Waals surface area contributed by atoms with E-state index in [0.717, 1.165) is 0 Å². The fourth-order valence-corrected chi connectivity index (χ4v) is 2.35. The number of aromatic nitrogens is 2. The standard InChI is InChI=1S/C13H11N3O4/c1-15-5-8-11(13(19)20)14-6-16(8)7-3-2-4-9(17)10(7)12(15)18/h2-4,6,17H,5H2,1H3,(H,19,20). The highest BCUT2D eigenvalue weighted by molar-refractivity contribution is 6.01. The van der Waals surface area contributed by atoms with E-state index in [1.165, 1.54) is 21.9 Å². The number of aromatic carboxylic acids is 1. The lowest BCUT2D eigenvalue weighted by molar-refractivity contribution is 0.0682. The van der Waals surface area contributed by atoms with Gasteiger partial charge in [-0.25, -0.2) is 9.78 Å². The van der Waals surface area contributed by atoms with Gasteiger partial charge in [0.1, 0.15) is 17.6 Å². The number of aromatic hydroxyl groups is 1. The number of rotatable bonds is 1. The number of fused-ring (bicyclic) bond motifs is 3. The molecule has 0 fully saturated rings. The van der Waals surface area contributed by atoms with E-state index in [1.54, 1.807) is 19.2 Å². The van der Waals surface area contributed by atoms with E-state index in [4.69, 9.17) is 5.11 Å². The van der Waals surface area contributed by atoms with Gasteiger partial charge in [0.2, 0.25) is 0 Å². The maximum atomic E-state index is 12.3. The summed E-state index contributed by atoms with van der Waals surface area (Å²) in [7, 11) is 1.55. The molecule has 2 N–H and O–H groups in total. The number of carboxylic acid groups (broad SMARTS) is 1. The predicted octanol–water partition coefficient (Wildman–Crippen LogP) is 0.862. The van der Waals surface area contributed by atoms with Crippen molar-refractivity contribution in [3.05, 3.63) is 41.5 Å². The Balaban J connectivity index is 2.35. The molecule has 7 nitrogen and oxygen atoms in total. The molecule has 0 saturated carbocycles. The number of hydrogen-bond acceptors (Lipinski definition) is 4. The van der Waals surface area contributed by atoms with Crippen LogP contribution in [-0.4, -0.2) is 43.6 Å². The van der Waals surface area contributed by atoms with Crippen LogP contribution in [0.2, 0.25) is 0 Å². The van der Waals surface area contributed by atoms with E-state index in [9.17, 15) is 14.7 Å². The Bertz CT molecular complexity index is 735. The normalized spacial score (nSPS) is 13.7. The van der Waals surface area contributed by atoms with Gasteiger partial charge in [0, 0.05) is 7.05 Å². The van der Waals surface area contributed by atoms with Crippen LogP contribution in [0.15, 0.2) is 24.5 Å². The fraction of sp³-hybridized carbons (Fsp3) is 0.154. The summed E-state index contributed by atoms with van der Waals surface area (Å²) in [5.41, 5.74) is 0.871. The molecule has 0 aliphatic carbocycles. The minimum absolute atomic E-state index is 0.0964. The molecule has 1 amide bonds. The van der Waals surface area contributed by atoms with Gasteiger partial charge < -0.3 is 15.1 Å². The molecule has 7 heteroatoms. The molecule has 0 unspecified atom stereocenters. The van der Waals surface area contributed by atoms with Gasteiger partial charge in [-0.15, -0.1) is 0 Å². The molecule has 2 heterocycles. The molecular weight excluding hydrogens is 262 g/mol. The maximum Gasteiger partial charge on any atom is 0.356 e. The number of nitrogens with zero attached hydrogens (tertiary/aromatic N) is 3. The zero-order valence-corrected chi connectivity index (χ0v) is 10.6. The summed E-state index contributed by atoms with van der Waals surface area (Å²) in [6.45, 7) is 0.106. The number of benzene rings is 1. The summed E-state index contributed by atoms with van der Waals surface area (Å²) < 4.78 is 1.53. The van der Waals surface area contributed by atoms with Crippen LogP contribution in [-0.2, 0) is 6.54 Å². The van der Waals surface area contributed by atoms with Crippen LogP contribution in [0.3, 0.4) is 0 Å². The van der Waals surface area contributed by atoms with Crippen molar-refractivity contribution >= 4 is 11.9 Å². The number of imidazole rings is 1. The highest BCUT2D eigenvalue weighted by atomic mass is 16.4.